The second-order valence-electron chi connectivity index (χ2n) is 9.54. The van der Waals surface area contributed by atoms with Crippen LogP contribution in [-0.2, 0) is 9.47 Å². The third-order valence-electron chi connectivity index (χ3n) is 8.84. The van der Waals surface area contributed by atoms with Gasteiger partial charge in [0.25, 0.3) is 0 Å². The molecule has 134 valence electrons. The second kappa shape index (κ2) is 5.24. The highest BCUT2D eigenvalue weighted by molar-refractivity contribution is 6.20. The maximum Gasteiger partial charge on any atom is 0.174 e. The molecule has 1 heterocycles. The molecule has 1 spiro atoms. The van der Waals surface area contributed by atoms with Crippen LogP contribution in [0.2, 0.25) is 0 Å². The second-order valence-corrected chi connectivity index (χ2v) is 10.2. The van der Waals surface area contributed by atoms with E-state index in [0.29, 0.717) is 10.8 Å². The first-order valence-electron chi connectivity index (χ1n) is 10.1. The van der Waals surface area contributed by atoms with Gasteiger partial charge in [-0.05, 0) is 68.1 Å². The van der Waals surface area contributed by atoms with E-state index in [0.717, 1.165) is 43.8 Å². The molecule has 1 saturated heterocycles. The van der Waals surface area contributed by atoms with Gasteiger partial charge in [0, 0.05) is 17.2 Å². The smallest absolute Gasteiger partial charge is 0.174 e. The van der Waals surface area contributed by atoms with Crippen molar-refractivity contribution in [3.63, 3.8) is 0 Å². The lowest BCUT2D eigenvalue weighted by atomic mass is 9.48. The number of allylic oxidation sites excluding steroid dienone is 2. The van der Waals surface area contributed by atoms with Crippen molar-refractivity contribution < 1.29 is 9.47 Å². The van der Waals surface area contributed by atoms with Gasteiger partial charge in [-0.25, -0.2) is 0 Å². The van der Waals surface area contributed by atoms with Gasteiger partial charge in [-0.15, -0.1) is 11.6 Å². The molecular formula is C21H31ClO2. The Labute approximate surface area is 151 Å². The summed E-state index contributed by atoms with van der Waals surface area (Å²) in [7, 11) is 0. The Hall–Kier alpha value is -0.0500. The van der Waals surface area contributed by atoms with E-state index in [1.54, 1.807) is 5.57 Å². The van der Waals surface area contributed by atoms with Gasteiger partial charge in [0.15, 0.2) is 5.79 Å². The van der Waals surface area contributed by atoms with Crippen LogP contribution in [0.15, 0.2) is 11.6 Å². The number of alkyl halides is 1. The normalized spacial score (nSPS) is 52.5. The van der Waals surface area contributed by atoms with Gasteiger partial charge in [-0.1, -0.05) is 25.5 Å². The molecule has 0 radical (unpaired) electrons. The van der Waals surface area contributed by atoms with E-state index < -0.39 is 0 Å². The molecule has 0 amide bonds. The summed E-state index contributed by atoms with van der Waals surface area (Å²) in [5.41, 5.74) is 2.30. The highest BCUT2D eigenvalue weighted by atomic mass is 35.5. The van der Waals surface area contributed by atoms with Crippen molar-refractivity contribution in [2.75, 3.05) is 13.2 Å². The fraction of sp³-hybridized carbons (Fsp3) is 0.905. The van der Waals surface area contributed by atoms with Crippen molar-refractivity contribution in [3.05, 3.63) is 11.6 Å². The molecule has 3 heteroatoms. The molecule has 0 N–H and O–H groups in total. The molecule has 2 nitrogen and oxygen atoms in total. The van der Waals surface area contributed by atoms with E-state index in [-0.39, 0.29) is 11.2 Å². The third kappa shape index (κ3) is 1.91. The van der Waals surface area contributed by atoms with E-state index >= 15 is 0 Å². The SMILES string of the molecule is C[C@]12CC[C@@H](Cl)CC1=CC[C@H]1[C@H]2CC[C@]2(C)[C@@H]1CCC21OCCO1. The summed E-state index contributed by atoms with van der Waals surface area (Å²) in [6.07, 6.45) is 12.5. The summed E-state index contributed by atoms with van der Waals surface area (Å²) in [6.45, 7) is 6.60. The molecule has 0 bridgehead atoms. The topological polar surface area (TPSA) is 18.5 Å². The van der Waals surface area contributed by atoms with Crippen LogP contribution < -0.4 is 0 Å². The Morgan fingerprint density at radius 3 is 2.54 bits per heavy atom. The van der Waals surface area contributed by atoms with Crippen LogP contribution >= 0.6 is 11.6 Å². The lowest BCUT2D eigenvalue weighted by molar-refractivity contribution is -0.242. The van der Waals surface area contributed by atoms with Crippen molar-refractivity contribution in [1.82, 2.24) is 0 Å². The zero-order valence-electron chi connectivity index (χ0n) is 15.2. The zero-order chi connectivity index (χ0) is 16.6. The van der Waals surface area contributed by atoms with Crippen molar-refractivity contribution in [2.24, 2.45) is 28.6 Å². The molecule has 3 saturated carbocycles. The maximum atomic E-state index is 6.49. The third-order valence-corrected chi connectivity index (χ3v) is 9.21. The summed E-state index contributed by atoms with van der Waals surface area (Å²) in [5, 5.41) is 0.366. The molecule has 5 aliphatic rings. The van der Waals surface area contributed by atoms with E-state index in [1.165, 1.54) is 38.5 Å². The minimum absolute atomic E-state index is 0.218. The van der Waals surface area contributed by atoms with Crippen LogP contribution in [0.3, 0.4) is 0 Å². The van der Waals surface area contributed by atoms with Gasteiger partial charge in [0.05, 0.1) is 13.2 Å². The van der Waals surface area contributed by atoms with Crippen LogP contribution in [-0.4, -0.2) is 24.4 Å². The fourth-order valence-corrected chi connectivity index (χ4v) is 7.78. The van der Waals surface area contributed by atoms with Crippen LogP contribution in [0.25, 0.3) is 0 Å². The molecular weight excluding hydrogens is 320 g/mol. The van der Waals surface area contributed by atoms with Crippen LogP contribution in [0.1, 0.15) is 65.2 Å². The molecule has 1 aliphatic heterocycles. The maximum absolute atomic E-state index is 6.49. The standard InChI is InChI=1S/C21H31ClO2/c1-19-8-5-15(22)13-14(19)3-4-16-17(19)6-9-20(2)18(16)7-10-21(20)23-11-12-24-21/h3,15-18H,4-13H2,1-2H3/t15-,16+,17-,18-,19+,20-/m1/s1. The highest BCUT2D eigenvalue weighted by Gasteiger charge is 2.66. The summed E-state index contributed by atoms with van der Waals surface area (Å²) >= 11 is 6.49. The van der Waals surface area contributed by atoms with Gasteiger partial charge in [0.1, 0.15) is 0 Å². The van der Waals surface area contributed by atoms with Crippen molar-refractivity contribution in [1.29, 1.82) is 0 Å². The molecule has 0 aromatic rings. The van der Waals surface area contributed by atoms with E-state index in [2.05, 4.69) is 19.9 Å². The molecule has 5 rings (SSSR count). The highest BCUT2D eigenvalue weighted by Crippen LogP contribution is 2.68. The fourth-order valence-electron chi connectivity index (χ4n) is 7.50. The van der Waals surface area contributed by atoms with Crippen LogP contribution in [0.4, 0.5) is 0 Å². The Balaban J connectivity index is 1.49. The Kier molecular flexibility index (Phi) is 3.52. The van der Waals surface area contributed by atoms with Gasteiger partial charge in [-0.3, -0.25) is 0 Å². The monoisotopic (exact) mass is 350 g/mol. The predicted octanol–water partition coefficient (Wildman–Crippen LogP) is 5.30. The average molecular weight is 351 g/mol. The van der Waals surface area contributed by atoms with E-state index in [9.17, 15) is 0 Å². The van der Waals surface area contributed by atoms with Gasteiger partial charge < -0.3 is 9.47 Å². The lowest BCUT2D eigenvalue weighted by Gasteiger charge is -2.58. The minimum atomic E-state index is -0.263. The Morgan fingerprint density at radius 1 is 1.00 bits per heavy atom. The minimum Gasteiger partial charge on any atom is -0.347 e. The number of halogens is 1. The van der Waals surface area contributed by atoms with Gasteiger partial charge >= 0.3 is 0 Å². The van der Waals surface area contributed by atoms with Crippen molar-refractivity contribution >= 4 is 11.6 Å². The molecule has 0 unspecified atom stereocenters. The Morgan fingerprint density at radius 2 is 1.75 bits per heavy atom. The number of hydrogen-bond donors (Lipinski definition) is 0. The summed E-state index contributed by atoms with van der Waals surface area (Å²) in [4.78, 5) is 0. The quantitative estimate of drug-likeness (QED) is 0.436. The first-order chi connectivity index (χ1) is 11.5. The molecule has 4 fully saturated rings. The molecule has 24 heavy (non-hydrogen) atoms. The van der Waals surface area contributed by atoms with Crippen LogP contribution in [0, 0.1) is 28.6 Å². The van der Waals surface area contributed by atoms with Crippen molar-refractivity contribution in [2.45, 2.75) is 76.4 Å². The first kappa shape index (κ1) is 16.1. The van der Waals surface area contributed by atoms with E-state index in [4.69, 9.17) is 21.1 Å². The molecule has 0 aromatic heterocycles. The predicted molar refractivity (Wildman–Crippen MR) is 96.0 cm³/mol. The lowest BCUT2D eigenvalue weighted by Crippen LogP contribution is -2.54. The zero-order valence-corrected chi connectivity index (χ0v) is 15.9. The molecule has 4 aliphatic carbocycles. The molecule has 6 atom stereocenters. The summed E-state index contributed by atoms with van der Waals surface area (Å²) < 4.78 is 12.5. The van der Waals surface area contributed by atoms with E-state index in [1.807, 2.05) is 0 Å². The molecule has 0 aromatic carbocycles. The number of rotatable bonds is 0. The van der Waals surface area contributed by atoms with Crippen LogP contribution in [0.5, 0.6) is 0 Å². The number of fused-ring (bicyclic) bond motifs is 6. The van der Waals surface area contributed by atoms with Crippen molar-refractivity contribution in [3.8, 4) is 0 Å². The Bertz CT molecular complexity index is 566. The number of ether oxygens (including phenoxy) is 2. The largest absolute Gasteiger partial charge is 0.347 e. The number of hydrogen-bond acceptors (Lipinski definition) is 2. The van der Waals surface area contributed by atoms with Gasteiger partial charge in [-0.2, -0.15) is 0 Å². The average Bonchev–Trinajstić information content (AvgIpc) is 3.15. The van der Waals surface area contributed by atoms with Gasteiger partial charge in [0.2, 0.25) is 0 Å². The summed E-state index contributed by atoms with van der Waals surface area (Å²) in [5.74, 6) is 2.16. The summed E-state index contributed by atoms with van der Waals surface area (Å²) in [6, 6.07) is 0. The first-order valence-corrected chi connectivity index (χ1v) is 10.5.